The topological polar surface area (TPSA) is 0 Å². The first-order valence-corrected chi connectivity index (χ1v) is 4.44. The summed E-state index contributed by atoms with van der Waals surface area (Å²) < 4.78 is 0. The number of benzene rings is 1. The molecule has 0 bridgehead atoms. The lowest BCUT2D eigenvalue weighted by Crippen LogP contribution is -1.55. The first kappa shape index (κ1) is 8.99. The monoisotopic (exact) mass is 206 g/mol. The Morgan fingerprint density at radius 2 is 1.56 bits per heavy atom. The van der Waals surface area contributed by atoms with Crippen LogP contribution in [0.1, 0.15) is 0 Å². The molecule has 0 spiro atoms. The highest BCUT2D eigenvalue weighted by Gasteiger charge is 1.74. The molecule has 0 aliphatic heterocycles. The predicted molar refractivity (Wildman–Crippen MR) is 46.3 cm³/mol. The van der Waals surface area contributed by atoms with Crippen LogP contribution >= 0.6 is 27.5 Å². The van der Waals surface area contributed by atoms with Gasteiger partial charge in [-0.25, -0.2) is 0 Å². The van der Waals surface area contributed by atoms with E-state index in [0.29, 0.717) is 0 Å². The second kappa shape index (κ2) is 6.12. The average Bonchev–Trinajstić information content (AvgIpc) is 1.94. The third-order valence-electron chi connectivity index (χ3n) is 0.733. The van der Waals surface area contributed by atoms with Gasteiger partial charge in [-0.2, -0.15) is 0 Å². The Hall–Kier alpha value is -0.0100. The summed E-state index contributed by atoms with van der Waals surface area (Å²) in [4.78, 5) is 0. The lowest BCUT2D eigenvalue weighted by Gasteiger charge is -1.80. The molecule has 0 saturated carbocycles. The number of hydrogen-bond donors (Lipinski definition) is 0. The van der Waals surface area contributed by atoms with Crippen molar-refractivity contribution in [1.29, 1.82) is 0 Å². The van der Waals surface area contributed by atoms with Gasteiger partial charge in [-0.15, -0.1) is 0 Å². The molecule has 0 heterocycles. The van der Waals surface area contributed by atoms with Crippen molar-refractivity contribution >= 4 is 27.5 Å². The molecule has 0 amide bonds. The highest BCUT2D eigenvalue weighted by atomic mass is 79.9. The molecule has 0 N–H and O–H groups in total. The van der Waals surface area contributed by atoms with Gasteiger partial charge in [0.1, 0.15) is 0 Å². The molecule has 2 heteroatoms. The van der Waals surface area contributed by atoms with Gasteiger partial charge in [0.05, 0.1) is 0 Å². The van der Waals surface area contributed by atoms with Crippen LogP contribution in [-0.4, -0.2) is 5.83 Å². The van der Waals surface area contributed by atoms with E-state index in [2.05, 4.69) is 15.9 Å². The van der Waals surface area contributed by atoms with E-state index in [1.807, 2.05) is 36.2 Å². The highest BCUT2D eigenvalue weighted by Crippen LogP contribution is 2.03. The molecule has 0 radical (unpaired) electrons. The molecular weight excluding hydrogens is 199 g/mol. The summed E-state index contributed by atoms with van der Waals surface area (Å²) in [6, 6.07) is 9.44. The summed E-state index contributed by atoms with van der Waals surface area (Å²) >= 11 is 8.48. The van der Waals surface area contributed by atoms with Crippen molar-refractivity contribution in [1.82, 2.24) is 0 Å². The van der Waals surface area contributed by atoms with Gasteiger partial charge in [-0.05, 0) is 18.0 Å². The second-order valence-electron chi connectivity index (χ2n) is 1.30. The molecule has 1 aromatic rings. The predicted octanol–water partition coefficient (Wildman–Crippen LogP) is 3.35. The summed E-state index contributed by atoms with van der Waals surface area (Å²) in [5.41, 5.74) is 0. The Morgan fingerprint density at radius 3 is 1.78 bits per heavy atom. The van der Waals surface area contributed by atoms with Gasteiger partial charge in [0.15, 0.2) is 0 Å². The average molecular weight is 207 g/mol. The Balaban J connectivity index is 0.000000291. The Morgan fingerprint density at radius 1 is 1.11 bits per heavy atom. The van der Waals surface area contributed by atoms with Crippen LogP contribution < -0.4 is 0 Å². The first-order valence-electron chi connectivity index (χ1n) is 2.48. The van der Waals surface area contributed by atoms with Crippen molar-refractivity contribution in [2.75, 3.05) is 5.83 Å². The zero-order valence-corrected chi connectivity index (χ0v) is 7.48. The molecule has 9 heavy (non-hydrogen) atoms. The SMILES string of the molecule is CBr.Clc1ccccc1. The van der Waals surface area contributed by atoms with Gasteiger partial charge in [-0.3, -0.25) is 0 Å². The van der Waals surface area contributed by atoms with Crippen molar-refractivity contribution in [2.24, 2.45) is 0 Å². The van der Waals surface area contributed by atoms with Crippen LogP contribution in [0.2, 0.25) is 5.02 Å². The van der Waals surface area contributed by atoms with Crippen LogP contribution in [0, 0.1) is 0 Å². The second-order valence-corrected chi connectivity index (χ2v) is 1.73. The zero-order chi connectivity index (χ0) is 7.11. The molecular formula is C7H8BrCl. The Kier molecular flexibility index (Phi) is 6.11. The van der Waals surface area contributed by atoms with Gasteiger partial charge >= 0.3 is 0 Å². The van der Waals surface area contributed by atoms with Crippen LogP contribution in [0.3, 0.4) is 0 Å². The van der Waals surface area contributed by atoms with Crippen molar-refractivity contribution in [3.63, 3.8) is 0 Å². The van der Waals surface area contributed by atoms with Gasteiger partial charge in [-0.1, -0.05) is 45.7 Å². The van der Waals surface area contributed by atoms with E-state index < -0.39 is 0 Å². The van der Waals surface area contributed by atoms with Crippen molar-refractivity contribution < 1.29 is 0 Å². The number of rotatable bonds is 0. The van der Waals surface area contributed by atoms with Crippen LogP contribution in [0.15, 0.2) is 30.3 Å². The minimum absolute atomic E-state index is 0.794. The molecule has 0 aliphatic carbocycles. The van der Waals surface area contributed by atoms with Crippen LogP contribution in [0.4, 0.5) is 0 Å². The number of alkyl halides is 1. The van der Waals surface area contributed by atoms with Crippen LogP contribution in [0.25, 0.3) is 0 Å². The molecule has 0 saturated heterocycles. The molecule has 0 unspecified atom stereocenters. The minimum atomic E-state index is 0.794. The van der Waals surface area contributed by atoms with E-state index in [-0.39, 0.29) is 0 Å². The van der Waals surface area contributed by atoms with Gasteiger partial charge < -0.3 is 0 Å². The lowest BCUT2D eigenvalue weighted by molar-refractivity contribution is 1.71. The fraction of sp³-hybridized carbons (Fsp3) is 0.143. The first-order chi connectivity index (χ1) is 4.39. The van der Waals surface area contributed by atoms with E-state index >= 15 is 0 Å². The molecule has 0 aromatic heterocycles. The summed E-state index contributed by atoms with van der Waals surface area (Å²) in [5, 5.41) is 0.794. The van der Waals surface area contributed by atoms with Crippen molar-refractivity contribution in [3.8, 4) is 0 Å². The minimum Gasteiger partial charge on any atom is -0.0966 e. The fourth-order valence-electron chi connectivity index (χ4n) is 0.415. The van der Waals surface area contributed by atoms with Crippen molar-refractivity contribution in [3.05, 3.63) is 35.4 Å². The van der Waals surface area contributed by atoms with Crippen LogP contribution in [0.5, 0.6) is 0 Å². The summed E-state index contributed by atoms with van der Waals surface area (Å²) in [6.45, 7) is 0. The van der Waals surface area contributed by atoms with E-state index in [1.165, 1.54) is 0 Å². The molecule has 0 nitrogen and oxygen atoms in total. The maximum atomic E-state index is 5.54. The molecule has 50 valence electrons. The third kappa shape index (κ3) is 4.49. The van der Waals surface area contributed by atoms with E-state index in [9.17, 15) is 0 Å². The highest BCUT2D eigenvalue weighted by molar-refractivity contribution is 9.08. The van der Waals surface area contributed by atoms with Gasteiger partial charge in [0.2, 0.25) is 0 Å². The molecule has 0 aliphatic rings. The largest absolute Gasteiger partial charge is 0.0966 e. The van der Waals surface area contributed by atoms with Crippen LogP contribution in [-0.2, 0) is 0 Å². The maximum Gasteiger partial charge on any atom is 0.0405 e. The van der Waals surface area contributed by atoms with E-state index in [1.54, 1.807) is 0 Å². The summed E-state index contributed by atoms with van der Waals surface area (Å²) in [6.07, 6.45) is 0. The zero-order valence-electron chi connectivity index (χ0n) is 5.14. The van der Waals surface area contributed by atoms with Gasteiger partial charge in [0.25, 0.3) is 0 Å². The molecule has 1 aromatic carbocycles. The molecule has 0 fully saturated rings. The lowest BCUT2D eigenvalue weighted by atomic mass is 10.4. The normalized spacial score (nSPS) is 7.44. The molecule has 1 rings (SSSR count). The van der Waals surface area contributed by atoms with Crippen molar-refractivity contribution in [2.45, 2.75) is 0 Å². The van der Waals surface area contributed by atoms with E-state index in [4.69, 9.17) is 11.6 Å². The summed E-state index contributed by atoms with van der Waals surface area (Å²) in [5.74, 6) is 1.81. The van der Waals surface area contributed by atoms with E-state index in [0.717, 1.165) is 5.02 Å². The standard InChI is InChI=1S/C6H5Cl.CH3Br/c7-6-4-2-1-3-5-6;1-2/h1-5H;1H3. The smallest absolute Gasteiger partial charge is 0.0405 e. The summed E-state index contributed by atoms with van der Waals surface area (Å²) in [7, 11) is 0. The molecule has 0 atom stereocenters. The number of hydrogen-bond acceptors (Lipinski definition) is 0. The Bertz CT molecular complexity index is 139. The number of halogens is 2. The fourth-order valence-corrected chi connectivity index (χ4v) is 0.560. The third-order valence-corrected chi connectivity index (χ3v) is 0.985. The maximum absolute atomic E-state index is 5.54. The quantitative estimate of drug-likeness (QED) is 0.572. The van der Waals surface area contributed by atoms with Gasteiger partial charge in [0, 0.05) is 5.02 Å². The Labute approximate surface area is 69.0 Å².